The maximum atomic E-state index is 13.4. The number of nitrogens with one attached hydrogen (secondary N) is 1. The highest BCUT2D eigenvalue weighted by atomic mass is 35.5. The summed E-state index contributed by atoms with van der Waals surface area (Å²) in [4.78, 5) is 19.7. The van der Waals surface area contributed by atoms with Gasteiger partial charge in [-0.2, -0.15) is 5.26 Å². The Morgan fingerprint density at radius 3 is 2.81 bits per heavy atom. The lowest BCUT2D eigenvalue weighted by Gasteiger charge is -2.27. The van der Waals surface area contributed by atoms with Gasteiger partial charge < -0.3 is 5.32 Å². The Morgan fingerprint density at radius 2 is 2.03 bits per heavy atom. The number of fused-ring (bicyclic) bond motifs is 3. The number of aromatic nitrogens is 2. The number of carbonyl (C=O) groups is 1. The third-order valence-electron chi connectivity index (χ3n) is 6.43. The number of nitrogens with zero attached hydrogens (tertiary/aromatic N) is 4. The molecule has 186 valence electrons. The molecular weight excluding hydrogens is 529 g/mol. The van der Waals surface area contributed by atoms with Gasteiger partial charge in [0.1, 0.15) is 5.15 Å². The second-order valence-corrected chi connectivity index (χ2v) is 10.0. The van der Waals surface area contributed by atoms with Crippen LogP contribution < -0.4 is 5.32 Å². The lowest BCUT2D eigenvalue weighted by Crippen LogP contribution is -2.34. The Kier molecular flexibility index (Phi) is 7.50. The van der Waals surface area contributed by atoms with Crippen molar-refractivity contribution in [2.24, 2.45) is 0 Å². The first-order valence-corrected chi connectivity index (χ1v) is 12.9. The first-order chi connectivity index (χ1) is 17.9. The summed E-state index contributed by atoms with van der Waals surface area (Å²) >= 11 is 18.3. The zero-order chi connectivity index (χ0) is 25.9. The van der Waals surface area contributed by atoms with E-state index in [1.807, 2.05) is 36.4 Å². The summed E-state index contributed by atoms with van der Waals surface area (Å²) in [5, 5.41) is 15.2. The molecule has 0 unspecified atom stereocenters. The van der Waals surface area contributed by atoms with E-state index in [-0.39, 0.29) is 6.03 Å². The summed E-state index contributed by atoms with van der Waals surface area (Å²) in [6.07, 6.45) is 6.34. The summed E-state index contributed by atoms with van der Waals surface area (Å²) in [7, 11) is 0. The molecule has 3 heterocycles. The van der Waals surface area contributed by atoms with Crippen molar-refractivity contribution in [3.05, 3.63) is 104 Å². The number of halogens is 3. The number of carbonyl (C=O) groups excluding carboxylic acids is 1. The van der Waals surface area contributed by atoms with Crippen molar-refractivity contribution in [1.82, 2.24) is 19.8 Å². The van der Waals surface area contributed by atoms with Gasteiger partial charge in [0.25, 0.3) is 0 Å². The van der Waals surface area contributed by atoms with Gasteiger partial charge in [-0.3, -0.25) is 9.47 Å². The Hall–Kier alpha value is -3.34. The third kappa shape index (κ3) is 5.36. The number of nitriles is 1. The molecule has 0 bridgehead atoms. The van der Waals surface area contributed by atoms with Crippen molar-refractivity contribution < 1.29 is 4.79 Å². The van der Waals surface area contributed by atoms with E-state index in [4.69, 9.17) is 34.8 Å². The fourth-order valence-electron chi connectivity index (χ4n) is 4.72. The Morgan fingerprint density at radius 1 is 1.16 bits per heavy atom. The monoisotopic (exact) mass is 549 g/mol. The van der Waals surface area contributed by atoms with Gasteiger partial charge in [-0.25, -0.2) is 9.78 Å². The molecule has 2 aromatic carbocycles. The number of hydrogen-bond donors (Lipinski definition) is 1. The lowest BCUT2D eigenvalue weighted by atomic mass is 10.0. The zero-order valence-electron chi connectivity index (χ0n) is 19.7. The minimum atomic E-state index is -0.236. The molecule has 0 atom stereocenters. The van der Waals surface area contributed by atoms with Crippen molar-refractivity contribution in [3.63, 3.8) is 0 Å². The molecule has 37 heavy (non-hydrogen) atoms. The maximum absolute atomic E-state index is 13.4. The van der Waals surface area contributed by atoms with Gasteiger partial charge in [0, 0.05) is 59.9 Å². The molecule has 1 N–H and O–H groups in total. The summed E-state index contributed by atoms with van der Waals surface area (Å²) in [5.74, 6) is 0. The van der Waals surface area contributed by atoms with E-state index in [9.17, 15) is 10.1 Å². The highest BCUT2D eigenvalue weighted by Gasteiger charge is 2.27. The van der Waals surface area contributed by atoms with Crippen LogP contribution in [0, 0.1) is 11.3 Å². The van der Waals surface area contributed by atoms with Crippen LogP contribution in [0.25, 0.3) is 17.0 Å². The predicted octanol–water partition coefficient (Wildman–Crippen LogP) is 6.70. The fraction of sp³-hybridized carbons (Fsp3) is 0.179. The van der Waals surface area contributed by atoms with Gasteiger partial charge in [-0.05, 0) is 53.1 Å². The molecule has 0 spiro atoms. The molecule has 5 rings (SSSR count). The normalized spacial score (nSPS) is 13.6. The predicted molar refractivity (Wildman–Crippen MR) is 148 cm³/mol. The number of pyridine rings is 1. The summed E-state index contributed by atoms with van der Waals surface area (Å²) < 4.78 is 1.72. The molecule has 9 heteroatoms. The average molecular weight is 551 g/mol. The van der Waals surface area contributed by atoms with E-state index >= 15 is 0 Å². The van der Waals surface area contributed by atoms with Crippen molar-refractivity contribution in [1.29, 1.82) is 5.26 Å². The average Bonchev–Trinajstić information content (AvgIpc) is 3.22. The van der Waals surface area contributed by atoms with Crippen LogP contribution in [0.4, 0.5) is 4.79 Å². The summed E-state index contributed by atoms with van der Waals surface area (Å²) in [6.45, 7) is 2.42. The standard InChI is InChI=1S/C28H22Cl3N5O/c29-21-7-6-19(23(30)14-21)4-2-11-35-12-9-24-22(17-35)27-20(15-32)3-1-5-25(27)36(24)28(37)34-16-18-8-10-33-26(31)13-18/h1-8,10,13-14H,9,11-12,16-17H2,(H,34,37). The Labute approximate surface area is 229 Å². The Bertz CT molecular complexity index is 1570. The van der Waals surface area contributed by atoms with Crippen LogP contribution >= 0.6 is 34.8 Å². The topological polar surface area (TPSA) is 74.0 Å². The minimum Gasteiger partial charge on any atom is -0.333 e. The summed E-state index contributed by atoms with van der Waals surface area (Å²) in [5.41, 5.74) is 5.00. The molecule has 0 saturated carbocycles. The Balaban J connectivity index is 1.41. The first kappa shape index (κ1) is 25.3. The summed E-state index contributed by atoms with van der Waals surface area (Å²) in [6, 6.07) is 16.5. The van der Waals surface area contributed by atoms with Gasteiger partial charge in [0.05, 0.1) is 17.1 Å². The van der Waals surface area contributed by atoms with Gasteiger partial charge in [0.2, 0.25) is 0 Å². The molecule has 6 nitrogen and oxygen atoms in total. The van der Waals surface area contributed by atoms with E-state index in [1.165, 1.54) is 0 Å². The van der Waals surface area contributed by atoms with Gasteiger partial charge in [-0.15, -0.1) is 0 Å². The van der Waals surface area contributed by atoms with E-state index in [0.717, 1.165) is 39.8 Å². The second kappa shape index (κ2) is 11.0. The maximum Gasteiger partial charge on any atom is 0.326 e. The molecular formula is C28H22Cl3N5O. The van der Waals surface area contributed by atoms with Crippen LogP contribution in [0.2, 0.25) is 15.2 Å². The SMILES string of the molecule is N#Cc1cccc2c1c1c(n2C(=O)NCc2ccnc(Cl)c2)CCN(CC=Cc2ccc(Cl)cc2Cl)C1. The molecule has 1 aliphatic heterocycles. The molecule has 0 saturated heterocycles. The van der Waals surface area contributed by atoms with Crippen LogP contribution in [0.1, 0.15) is 27.9 Å². The lowest BCUT2D eigenvalue weighted by molar-refractivity contribution is 0.240. The number of rotatable bonds is 5. The molecule has 2 aromatic heterocycles. The largest absolute Gasteiger partial charge is 0.333 e. The quantitative estimate of drug-likeness (QED) is 0.281. The van der Waals surface area contributed by atoms with E-state index in [1.54, 1.807) is 29.0 Å². The van der Waals surface area contributed by atoms with E-state index in [0.29, 0.717) is 46.8 Å². The van der Waals surface area contributed by atoms with Crippen LogP contribution in [-0.2, 0) is 19.5 Å². The number of amides is 1. The molecule has 0 fully saturated rings. The molecule has 1 amide bonds. The minimum absolute atomic E-state index is 0.236. The fourth-order valence-corrected chi connectivity index (χ4v) is 5.39. The van der Waals surface area contributed by atoms with Crippen LogP contribution in [0.3, 0.4) is 0 Å². The smallest absolute Gasteiger partial charge is 0.326 e. The molecule has 4 aromatic rings. The van der Waals surface area contributed by atoms with Crippen molar-refractivity contribution in [2.75, 3.05) is 13.1 Å². The van der Waals surface area contributed by atoms with E-state index in [2.05, 4.69) is 27.3 Å². The molecule has 0 aliphatic carbocycles. The molecule has 0 radical (unpaired) electrons. The third-order valence-corrected chi connectivity index (χ3v) is 7.20. The van der Waals surface area contributed by atoms with Gasteiger partial charge in [-0.1, -0.05) is 59.1 Å². The van der Waals surface area contributed by atoms with Crippen molar-refractivity contribution >= 4 is 57.8 Å². The second-order valence-electron chi connectivity index (χ2n) is 8.77. The number of benzene rings is 2. The first-order valence-electron chi connectivity index (χ1n) is 11.7. The molecule has 1 aliphatic rings. The van der Waals surface area contributed by atoms with Crippen molar-refractivity contribution in [2.45, 2.75) is 19.5 Å². The zero-order valence-corrected chi connectivity index (χ0v) is 22.0. The highest BCUT2D eigenvalue weighted by molar-refractivity contribution is 6.35. The van der Waals surface area contributed by atoms with Crippen LogP contribution in [0.15, 0.2) is 60.8 Å². The highest BCUT2D eigenvalue weighted by Crippen LogP contribution is 2.33. The van der Waals surface area contributed by atoms with Gasteiger partial charge in [0.15, 0.2) is 0 Å². The van der Waals surface area contributed by atoms with Gasteiger partial charge >= 0.3 is 6.03 Å². The van der Waals surface area contributed by atoms with Crippen molar-refractivity contribution in [3.8, 4) is 6.07 Å². The van der Waals surface area contributed by atoms with E-state index < -0.39 is 0 Å². The number of hydrogen-bond acceptors (Lipinski definition) is 4. The van der Waals surface area contributed by atoms with Crippen LogP contribution in [0.5, 0.6) is 0 Å². The van der Waals surface area contributed by atoms with Crippen LogP contribution in [-0.4, -0.2) is 33.6 Å².